The van der Waals surface area contributed by atoms with Crippen LogP contribution in [0.2, 0.25) is 0 Å². The predicted molar refractivity (Wildman–Crippen MR) is 57.0 cm³/mol. The highest BCUT2D eigenvalue weighted by Gasteiger charge is 2.18. The SMILES string of the molecule is CCCN(CC1CCCNC1)C(N)=O. The molecule has 14 heavy (non-hydrogen) atoms. The quantitative estimate of drug-likeness (QED) is 0.703. The van der Waals surface area contributed by atoms with Gasteiger partial charge in [-0.2, -0.15) is 0 Å². The molecular weight excluding hydrogens is 178 g/mol. The molecule has 0 spiro atoms. The van der Waals surface area contributed by atoms with E-state index in [1.807, 2.05) is 0 Å². The molecule has 0 saturated carbocycles. The molecule has 1 aliphatic heterocycles. The average molecular weight is 199 g/mol. The van der Waals surface area contributed by atoms with Crippen LogP contribution in [-0.2, 0) is 0 Å². The Bertz CT molecular complexity index is 178. The molecule has 0 aromatic heterocycles. The maximum Gasteiger partial charge on any atom is 0.314 e. The molecule has 1 fully saturated rings. The van der Waals surface area contributed by atoms with E-state index in [4.69, 9.17) is 5.73 Å². The summed E-state index contributed by atoms with van der Waals surface area (Å²) in [5.41, 5.74) is 5.31. The van der Waals surface area contributed by atoms with Gasteiger partial charge in [-0.25, -0.2) is 4.79 Å². The van der Waals surface area contributed by atoms with E-state index in [2.05, 4.69) is 12.2 Å². The number of carbonyl (C=O) groups excluding carboxylic acids is 1. The number of nitrogens with zero attached hydrogens (tertiary/aromatic N) is 1. The van der Waals surface area contributed by atoms with Crippen LogP contribution in [0.15, 0.2) is 0 Å². The maximum atomic E-state index is 11.1. The first kappa shape index (κ1) is 11.3. The van der Waals surface area contributed by atoms with Crippen LogP contribution in [-0.4, -0.2) is 37.1 Å². The van der Waals surface area contributed by atoms with Gasteiger partial charge in [0.15, 0.2) is 0 Å². The molecule has 1 atom stereocenters. The molecule has 1 rings (SSSR count). The molecule has 0 radical (unpaired) electrons. The Hall–Kier alpha value is -0.770. The first-order valence-electron chi connectivity index (χ1n) is 5.49. The molecule has 0 bridgehead atoms. The number of piperidine rings is 1. The zero-order chi connectivity index (χ0) is 10.4. The highest BCUT2D eigenvalue weighted by Crippen LogP contribution is 2.11. The van der Waals surface area contributed by atoms with Gasteiger partial charge in [-0.3, -0.25) is 0 Å². The molecule has 0 aliphatic carbocycles. The van der Waals surface area contributed by atoms with E-state index in [0.717, 1.165) is 32.6 Å². The van der Waals surface area contributed by atoms with Crippen LogP contribution in [0.25, 0.3) is 0 Å². The van der Waals surface area contributed by atoms with Crippen molar-refractivity contribution in [1.82, 2.24) is 10.2 Å². The van der Waals surface area contributed by atoms with Crippen molar-refractivity contribution in [2.24, 2.45) is 11.7 Å². The summed E-state index contributed by atoms with van der Waals surface area (Å²) in [6.45, 7) is 5.80. The first-order valence-corrected chi connectivity index (χ1v) is 5.49. The Morgan fingerprint density at radius 1 is 1.64 bits per heavy atom. The number of carbonyl (C=O) groups is 1. The normalized spacial score (nSPS) is 21.9. The molecule has 2 amide bonds. The standard InChI is InChI=1S/C10H21N3O/c1-2-6-13(10(11)14)8-9-4-3-5-12-7-9/h9,12H,2-8H2,1H3,(H2,11,14). The third kappa shape index (κ3) is 3.54. The van der Waals surface area contributed by atoms with Crippen LogP contribution in [0, 0.1) is 5.92 Å². The van der Waals surface area contributed by atoms with E-state index < -0.39 is 0 Å². The monoisotopic (exact) mass is 199 g/mol. The molecule has 0 aromatic carbocycles. The topological polar surface area (TPSA) is 58.4 Å². The van der Waals surface area contributed by atoms with Crippen molar-refractivity contribution in [2.45, 2.75) is 26.2 Å². The zero-order valence-corrected chi connectivity index (χ0v) is 8.96. The molecule has 1 unspecified atom stereocenters. The molecule has 82 valence electrons. The van der Waals surface area contributed by atoms with E-state index in [0.29, 0.717) is 5.92 Å². The van der Waals surface area contributed by atoms with Crippen molar-refractivity contribution in [3.63, 3.8) is 0 Å². The molecule has 1 aliphatic rings. The Balaban J connectivity index is 2.33. The van der Waals surface area contributed by atoms with Gasteiger partial charge < -0.3 is 16.0 Å². The molecule has 0 aromatic rings. The third-order valence-electron chi connectivity index (χ3n) is 2.68. The van der Waals surface area contributed by atoms with Crippen molar-refractivity contribution in [3.8, 4) is 0 Å². The lowest BCUT2D eigenvalue weighted by atomic mass is 9.99. The van der Waals surface area contributed by atoms with Crippen molar-refractivity contribution >= 4 is 6.03 Å². The first-order chi connectivity index (χ1) is 6.74. The van der Waals surface area contributed by atoms with Gasteiger partial charge in [0, 0.05) is 13.1 Å². The minimum atomic E-state index is -0.280. The van der Waals surface area contributed by atoms with Crippen LogP contribution >= 0.6 is 0 Å². The van der Waals surface area contributed by atoms with Crippen LogP contribution in [0.3, 0.4) is 0 Å². The number of nitrogens with one attached hydrogen (secondary N) is 1. The van der Waals surface area contributed by atoms with Gasteiger partial charge in [-0.05, 0) is 38.3 Å². The van der Waals surface area contributed by atoms with E-state index in [9.17, 15) is 4.79 Å². The number of amides is 2. The maximum absolute atomic E-state index is 11.1. The van der Waals surface area contributed by atoms with Crippen molar-refractivity contribution in [2.75, 3.05) is 26.2 Å². The Morgan fingerprint density at radius 2 is 2.43 bits per heavy atom. The number of primary amides is 1. The number of hydrogen-bond acceptors (Lipinski definition) is 2. The summed E-state index contributed by atoms with van der Waals surface area (Å²) < 4.78 is 0. The van der Waals surface area contributed by atoms with Gasteiger partial charge in [-0.15, -0.1) is 0 Å². The molecule has 1 saturated heterocycles. The number of urea groups is 1. The Morgan fingerprint density at radius 3 is 2.93 bits per heavy atom. The summed E-state index contributed by atoms with van der Waals surface area (Å²) in [5, 5.41) is 3.34. The summed E-state index contributed by atoms with van der Waals surface area (Å²) in [6, 6.07) is -0.280. The second-order valence-corrected chi connectivity index (χ2v) is 4.00. The summed E-state index contributed by atoms with van der Waals surface area (Å²) in [6.07, 6.45) is 3.40. The molecule has 3 N–H and O–H groups in total. The largest absolute Gasteiger partial charge is 0.351 e. The highest BCUT2D eigenvalue weighted by molar-refractivity contribution is 5.71. The summed E-state index contributed by atoms with van der Waals surface area (Å²) in [7, 11) is 0. The molecule has 1 heterocycles. The number of rotatable bonds is 4. The van der Waals surface area contributed by atoms with E-state index in [-0.39, 0.29) is 6.03 Å². The van der Waals surface area contributed by atoms with Crippen molar-refractivity contribution in [3.05, 3.63) is 0 Å². The van der Waals surface area contributed by atoms with Crippen LogP contribution in [0.4, 0.5) is 4.79 Å². The van der Waals surface area contributed by atoms with E-state index in [1.165, 1.54) is 12.8 Å². The van der Waals surface area contributed by atoms with Crippen molar-refractivity contribution < 1.29 is 4.79 Å². The van der Waals surface area contributed by atoms with Crippen LogP contribution in [0.5, 0.6) is 0 Å². The van der Waals surface area contributed by atoms with Crippen molar-refractivity contribution in [1.29, 1.82) is 0 Å². The number of hydrogen-bond donors (Lipinski definition) is 2. The summed E-state index contributed by atoms with van der Waals surface area (Å²) in [5.74, 6) is 0.586. The predicted octanol–water partition coefficient (Wildman–Crippen LogP) is 0.777. The Labute approximate surface area is 85.8 Å². The smallest absolute Gasteiger partial charge is 0.314 e. The second-order valence-electron chi connectivity index (χ2n) is 4.00. The lowest BCUT2D eigenvalue weighted by molar-refractivity contribution is 0.190. The van der Waals surface area contributed by atoms with E-state index in [1.54, 1.807) is 4.90 Å². The van der Waals surface area contributed by atoms with Gasteiger partial charge in [0.25, 0.3) is 0 Å². The van der Waals surface area contributed by atoms with Crippen LogP contribution in [0.1, 0.15) is 26.2 Å². The minimum Gasteiger partial charge on any atom is -0.351 e. The molecule has 4 nitrogen and oxygen atoms in total. The molecule has 4 heteroatoms. The van der Waals surface area contributed by atoms with Gasteiger partial charge in [0.2, 0.25) is 0 Å². The summed E-state index contributed by atoms with van der Waals surface area (Å²) >= 11 is 0. The molecular formula is C10H21N3O. The Kier molecular flexibility index (Phi) is 4.73. The fourth-order valence-corrected chi connectivity index (χ4v) is 1.95. The lowest BCUT2D eigenvalue weighted by Gasteiger charge is -2.28. The highest BCUT2D eigenvalue weighted by atomic mass is 16.2. The third-order valence-corrected chi connectivity index (χ3v) is 2.68. The fourth-order valence-electron chi connectivity index (χ4n) is 1.95. The van der Waals surface area contributed by atoms with Crippen LogP contribution < -0.4 is 11.1 Å². The van der Waals surface area contributed by atoms with Gasteiger partial charge in [-0.1, -0.05) is 6.92 Å². The lowest BCUT2D eigenvalue weighted by Crippen LogP contribution is -2.43. The van der Waals surface area contributed by atoms with E-state index >= 15 is 0 Å². The fraction of sp³-hybridized carbons (Fsp3) is 0.900. The average Bonchev–Trinajstić information content (AvgIpc) is 2.18. The van der Waals surface area contributed by atoms with Gasteiger partial charge in [0.05, 0.1) is 0 Å². The van der Waals surface area contributed by atoms with Gasteiger partial charge in [0.1, 0.15) is 0 Å². The summed E-state index contributed by atoms with van der Waals surface area (Å²) in [4.78, 5) is 12.9. The number of nitrogens with two attached hydrogens (primary N) is 1. The second kappa shape index (κ2) is 5.86. The van der Waals surface area contributed by atoms with Gasteiger partial charge >= 0.3 is 6.03 Å². The minimum absolute atomic E-state index is 0.280. The zero-order valence-electron chi connectivity index (χ0n) is 8.96.